The van der Waals surface area contributed by atoms with Crippen molar-refractivity contribution in [2.45, 2.75) is 32.0 Å². The lowest BCUT2D eigenvalue weighted by atomic mass is 10.0. The van der Waals surface area contributed by atoms with Gasteiger partial charge in [-0.2, -0.15) is 13.2 Å². The summed E-state index contributed by atoms with van der Waals surface area (Å²) < 4.78 is 57.6. The van der Waals surface area contributed by atoms with Crippen LogP contribution in [0.2, 0.25) is 0 Å². The molecule has 0 radical (unpaired) electrons. The van der Waals surface area contributed by atoms with E-state index in [-0.39, 0.29) is 11.4 Å². The highest BCUT2D eigenvalue weighted by Gasteiger charge is 2.68. The first kappa shape index (κ1) is 18.2. The van der Waals surface area contributed by atoms with Crippen molar-refractivity contribution in [3.05, 3.63) is 54.1 Å². The number of carbonyl (C=O) groups excluding carboxylic acids is 1. The quantitative estimate of drug-likeness (QED) is 0.813. The maximum atomic E-state index is 13.8. The number of benzene rings is 1. The number of carbonyl (C=O) groups is 1. The van der Waals surface area contributed by atoms with Crippen LogP contribution in [0.3, 0.4) is 0 Å². The van der Waals surface area contributed by atoms with Crippen molar-refractivity contribution < 1.29 is 27.1 Å². The van der Waals surface area contributed by atoms with Crippen LogP contribution in [-0.4, -0.2) is 16.5 Å². The van der Waals surface area contributed by atoms with Crippen LogP contribution in [0.5, 0.6) is 5.75 Å². The highest BCUT2D eigenvalue weighted by Crippen LogP contribution is 2.58. The van der Waals surface area contributed by atoms with Crippen LogP contribution in [0.1, 0.15) is 26.0 Å². The van der Waals surface area contributed by atoms with Crippen LogP contribution in [0.15, 0.2) is 42.6 Å². The summed E-state index contributed by atoms with van der Waals surface area (Å²) in [5, 5.41) is 2.46. The third-order valence-corrected chi connectivity index (χ3v) is 4.71. The van der Waals surface area contributed by atoms with Crippen molar-refractivity contribution in [2.24, 2.45) is 5.41 Å². The normalized spacial score (nSPS) is 24.8. The number of alkyl halides is 3. The maximum absolute atomic E-state index is 13.8. The molecule has 1 aromatic heterocycles. The predicted molar refractivity (Wildman–Crippen MR) is 86.0 cm³/mol. The first-order valence-corrected chi connectivity index (χ1v) is 7.83. The highest BCUT2D eigenvalue weighted by molar-refractivity contribution is 5.98. The average molecular weight is 368 g/mol. The summed E-state index contributed by atoms with van der Waals surface area (Å²) in [5.74, 6) is -1.03. The molecule has 0 aliphatic heterocycles. The van der Waals surface area contributed by atoms with Crippen molar-refractivity contribution in [3.63, 3.8) is 0 Å². The lowest BCUT2D eigenvalue weighted by Gasteiger charge is -2.20. The van der Waals surface area contributed by atoms with Gasteiger partial charge in [-0.1, -0.05) is 12.1 Å². The Kier molecular flexibility index (Phi) is 4.17. The Morgan fingerprint density at radius 1 is 1.23 bits per heavy atom. The zero-order chi connectivity index (χ0) is 19.2. The van der Waals surface area contributed by atoms with Gasteiger partial charge in [0.05, 0.1) is 5.41 Å². The number of para-hydroxylation sites is 1. The highest BCUT2D eigenvalue weighted by atomic mass is 19.4. The van der Waals surface area contributed by atoms with Crippen molar-refractivity contribution in [2.75, 3.05) is 5.32 Å². The molecular weight excluding hydrogens is 352 g/mol. The molecule has 1 aromatic carbocycles. The number of amides is 1. The third-order valence-electron chi connectivity index (χ3n) is 4.71. The monoisotopic (exact) mass is 368 g/mol. The molecule has 0 saturated heterocycles. The molecule has 1 saturated carbocycles. The smallest absolute Gasteiger partial charge is 0.433 e. The molecular formula is C18H16F4N2O2. The van der Waals surface area contributed by atoms with Gasteiger partial charge in [0, 0.05) is 18.3 Å². The van der Waals surface area contributed by atoms with E-state index >= 15 is 0 Å². The second kappa shape index (κ2) is 5.96. The van der Waals surface area contributed by atoms with Crippen LogP contribution >= 0.6 is 0 Å². The fraction of sp³-hybridized carbons (Fsp3) is 0.333. The molecule has 1 aliphatic carbocycles. The van der Waals surface area contributed by atoms with E-state index in [2.05, 4.69) is 10.3 Å². The van der Waals surface area contributed by atoms with E-state index in [0.29, 0.717) is 6.42 Å². The molecule has 1 heterocycles. The van der Waals surface area contributed by atoms with Gasteiger partial charge in [-0.15, -0.1) is 0 Å². The third kappa shape index (κ3) is 3.23. The van der Waals surface area contributed by atoms with Gasteiger partial charge in [0.25, 0.3) is 0 Å². The Hall–Kier alpha value is -2.64. The van der Waals surface area contributed by atoms with E-state index in [1.54, 1.807) is 19.9 Å². The molecule has 2 aromatic rings. The van der Waals surface area contributed by atoms with Gasteiger partial charge in [-0.3, -0.25) is 9.78 Å². The van der Waals surface area contributed by atoms with Gasteiger partial charge in [-0.25, -0.2) is 4.39 Å². The molecule has 138 valence electrons. The fourth-order valence-electron chi connectivity index (χ4n) is 2.80. The first-order chi connectivity index (χ1) is 12.1. The minimum Gasteiger partial charge on any atom is -0.483 e. The predicted octanol–water partition coefficient (Wildman–Crippen LogP) is 4.43. The zero-order valence-corrected chi connectivity index (χ0v) is 14.0. The number of nitrogens with zero attached hydrogens (tertiary/aromatic N) is 1. The molecule has 1 N–H and O–H groups in total. The lowest BCUT2D eigenvalue weighted by molar-refractivity contribution is -0.141. The van der Waals surface area contributed by atoms with E-state index < -0.39 is 34.6 Å². The zero-order valence-electron chi connectivity index (χ0n) is 14.0. The number of hydrogen-bond donors (Lipinski definition) is 1. The summed E-state index contributed by atoms with van der Waals surface area (Å²) >= 11 is 0. The number of aromatic nitrogens is 1. The van der Waals surface area contributed by atoms with Gasteiger partial charge in [0.2, 0.25) is 5.91 Å². The summed E-state index contributed by atoms with van der Waals surface area (Å²) in [7, 11) is 0. The van der Waals surface area contributed by atoms with E-state index in [4.69, 9.17) is 4.74 Å². The number of nitrogens with one attached hydrogen (secondary N) is 1. The van der Waals surface area contributed by atoms with Crippen molar-refractivity contribution in [3.8, 4) is 5.75 Å². The second-order valence-corrected chi connectivity index (χ2v) is 6.65. The Morgan fingerprint density at radius 2 is 1.92 bits per heavy atom. The number of rotatable bonds is 4. The Morgan fingerprint density at radius 3 is 2.58 bits per heavy atom. The van der Waals surface area contributed by atoms with Crippen molar-refractivity contribution >= 4 is 11.6 Å². The Balaban J connectivity index is 1.74. The molecule has 0 bridgehead atoms. The van der Waals surface area contributed by atoms with Crippen LogP contribution < -0.4 is 10.1 Å². The largest absolute Gasteiger partial charge is 0.483 e. The summed E-state index contributed by atoms with van der Waals surface area (Å²) in [5.41, 5.74) is -3.07. The minimum absolute atomic E-state index is 0.0151. The number of pyridine rings is 1. The van der Waals surface area contributed by atoms with Gasteiger partial charge in [0.1, 0.15) is 11.3 Å². The SMILES string of the molecule is CC1(Oc2ccccc2F)CC1(C)C(=O)Nc1ccnc(C(F)(F)F)c1. The molecule has 8 heteroatoms. The van der Waals surface area contributed by atoms with Crippen LogP contribution in [0.4, 0.5) is 23.2 Å². The Bertz CT molecular complexity index is 855. The first-order valence-electron chi connectivity index (χ1n) is 7.83. The van der Waals surface area contributed by atoms with E-state index in [0.717, 1.165) is 12.3 Å². The van der Waals surface area contributed by atoms with Crippen LogP contribution in [-0.2, 0) is 11.0 Å². The number of ether oxygens (including phenoxy) is 1. The van der Waals surface area contributed by atoms with E-state index in [1.807, 2.05) is 0 Å². The molecule has 1 aliphatic rings. The molecule has 2 unspecified atom stereocenters. The number of anilines is 1. The molecule has 1 fully saturated rings. The van der Waals surface area contributed by atoms with E-state index in [9.17, 15) is 22.4 Å². The number of halogens is 4. The average Bonchev–Trinajstić information content (AvgIpc) is 3.12. The molecule has 0 spiro atoms. The van der Waals surface area contributed by atoms with Crippen LogP contribution in [0.25, 0.3) is 0 Å². The lowest BCUT2D eigenvalue weighted by Crippen LogP contribution is -2.32. The van der Waals surface area contributed by atoms with Gasteiger partial charge >= 0.3 is 6.18 Å². The molecule has 26 heavy (non-hydrogen) atoms. The standard InChI is InChI=1S/C18H16F4N2O2/c1-16(10-17(16,2)26-13-6-4-3-5-12(13)19)15(25)24-11-7-8-23-14(9-11)18(20,21)22/h3-9H,10H2,1-2H3,(H,23,24,25). The van der Waals surface area contributed by atoms with Gasteiger partial charge in [0.15, 0.2) is 11.6 Å². The topological polar surface area (TPSA) is 51.2 Å². The maximum Gasteiger partial charge on any atom is 0.433 e. The number of hydrogen-bond acceptors (Lipinski definition) is 3. The second-order valence-electron chi connectivity index (χ2n) is 6.65. The van der Waals surface area contributed by atoms with E-state index in [1.165, 1.54) is 24.3 Å². The fourth-order valence-corrected chi connectivity index (χ4v) is 2.80. The van der Waals surface area contributed by atoms with Crippen LogP contribution in [0, 0.1) is 11.2 Å². The summed E-state index contributed by atoms with van der Waals surface area (Å²) in [6, 6.07) is 7.86. The molecule has 4 nitrogen and oxygen atoms in total. The van der Waals surface area contributed by atoms with Gasteiger partial charge in [-0.05, 0) is 38.1 Å². The molecule has 2 atom stereocenters. The molecule has 3 rings (SSSR count). The Labute approximate surface area is 147 Å². The van der Waals surface area contributed by atoms with Crippen molar-refractivity contribution in [1.82, 2.24) is 4.98 Å². The summed E-state index contributed by atoms with van der Waals surface area (Å²) in [6.07, 6.45) is -3.33. The van der Waals surface area contributed by atoms with Gasteiger partial charge < -0.3 is 10.1 Å². The minimum atomic E-state index is -4.60. The summed E-state index contributed by atoms with van der Waals surface area (Å²) in [6.45, 7) is 3.28. The molecule has 1 amide bonds. The van der Waals surface area contributed by atoms with Crippen molar-refractivity contribution in [1.29, 1.82) is 0 Å². The summed E-state index contributed by atoms with van der Waals surface area (Å²) in [4.78, 5) is 15.8.